The number of nitrogens with zero attached hydrogens (tertiary/aromatic N) is 4. The Morgan fingerprint density at radius 1 is 1.10 bits per heavy atom. The summed E-state index contributed by atoms with van der Waals surface area (Å²) in [5.74, 6) is -0.254. The average Bonchev–Trinajstić information content (AvgIpc) is 3.62. The molecule has 2 aromatic carbocycles. The molecule has 5 rings (SSSR count). The van der Waals surface area contributed by atoms with E-state index in [0.29, 0.717) is 43.2 Å². The summed E-state index contributed by atoms with van der Waals surface area (Å²) in [5.41, 5.74) is 10.3. The van der Waals surface area contributed by atoms with E-state index in [4.69, 9.17) is 22.1 Å². The molecule has 1 atom stereocenters. The van der Waals surface area contributed by atoms with Crippen LogP contribution in [-0.4, -0.2) is 64.3 Å². The minimum Gasteiger partial charge on any atom is -0.383 e. The zero-order valence-corrected chi connectivity index (χ0v) is 22.3. The number of rotatable bonds is 8. The monoisotopic (exact) mass is 544 g/mol. The van der Waals surface area contributed by atoms with Gasteiger partial charge in [-0.2, -0.15) is 5.10 Å². The highest BCUT2D eigenvalue weighted by molar-refractivity contribution is 6.33. The summed E-state index contributed by atoms with van der Waals surface area (Å²) in [7, 11) is 1.64. The van der Waals surface area contributed by atoms with Crippen LogP contribution in [0.3, 0.4) is 0 Å². The van der Waals surface area contributed by atoms with Crippen molar-refractivity contribution in [2.45, 2.75) is 19.0 Å². The van der Waals surface area contributed by atoms with E-state index in [9.17, 15) is 9.59 Å². The van der Waals surface area contributed by atoms with Gasteiger partial charge in [-0.15, -0.1) is 0 Å². The van der Waals surface area contributed by atoms with E-state index in [1.807, 2.05) is 54.7 Å². The van der Waals surface area contributed by atoms with Gasteiger partial charge in [0.25, 0.3) is 11.8 Å². The van der Waals surface area contributed by atoms with E-state index in [1.165, 1.54) is 0 Å². The summed E-state index contributed by atoms with van der Waals surface area (Å²) in [4.78, 5) is 32.2. The van der Waals surface area contributed by atoms with Crippen LogP contribution in [0, 0.1) is 0 Å². The number of hydrogen-bond donors (Lipinski definition) is 2. The molecule has 1 fully saturated rings. The summed E-state index contributed by atoms with van der Waals surface area (Å²) in [5, 5.41) is 7.99. The predicted molar refractivity (Wildman–Crippen MR) is 150 cm³/mol. The molecule has 2 aromatic heterocycles. The van der Waals surface area contributed by atoms with Crippen molar-refractivity contribution in [3.63, 3.8) is 0 Å². The number of aromatic nitrogens is 3. The third-order valence-corrected chi connectivity index (χ3v) is 7.11. The van der Waals surface area contributed by atoms with Gasteiger partial charge in [0.15, 0.2) is 0 Å². The Labute approximate surface area is 231 Å². The number of methoxy groups -OCH3 is 1. The Morgan fingerprint density at radius 2 is 1.90 bits per heavy atom. The van der Waals surface area contributed by atoms with Gasteiger partial charge in [-0.25, -0.2) is 4.98 Å². The fourth-order valence-electron chi connectivity index (χ4n) is 4.63. The molecule has 0 radical (unpaired) electrons. The third-order valence-electron chi connectivity index (χ3n) is 6.78. The number of pyridine rings is 1. The highest BCUT2D eigenvalue weighted by Gasteiger charge is 2.29. The summed E-state index contributed by atoms with van der Waals surface area (Å²) >= 11 is 6.30. The Morgan fingerprint density at radius 3 is 2.67 bits per heavy atom. The van der Waals surface area contributed by atoms with E-state index in [-0.39, 0.29) is 29.2 Å². The van der Waals surface area contributed by atoms with Crippen molar-refractivity contribution in [2.24, 2.45) is 0 Å². The average molecular weight is 545 g/mol. The number of nitrogens with one attached hydrogen (secondary N) is 1. The fraction of sp³-hybridized carbons (Fsp3) is 0.241. The number of hydrogen-bond acceptors (Lipinski definition) is 6. The molecule has 3 N–H and O–H groups in total. The smallest absolute Gasteiger partial charge is 0.255 e. The van der Waals surface area contributed by atoms with Crippen molar-refractivity contribution in [1.29, 1.82) is 0 Å². The number of halogens is 1. The summed E-state index contributed by atoms with van der Waals surface area (Å²) < 4.78 is 6.86. The maximum absolute atomic E-state index is 13.1. The highest BCUT2D eigenvalue weighted by Crippen LogP contribution is 2.28. The summed E-state index contributed by atoms with van der Waals surface area (Å²) in [6, 6.07) is 16.5. The molecule has 0 unspecified atom stereocenters. The normalized spacial score (nSPS) is 14.9. The molecule has 0 saturated carbocycles. The van der Waals surface area contributed by atoms with Crippen LogP contribution >= 0.6 is 11.6 Å². The predicted octanol–water partition coefficient (Wildman–Crippen LogP) is 4.14. The van der Waals surface area contributed by atoms with Gasteiger partial charge in [-0.1, -0.05) is 41.9 Å². The molecule has 9 nitrogen and oxygen atoms in total. The molecule has 4 aromatic rings. The number of amides is 2. The van der Waals surface area contributed by atoms with Gasteiger partial charge >= 0.3 is 0 Å². The van der Waals surface area contributed by atoms with Gasteiger partial charge in [0.05, 0.1) is 24.9 Å². The Kier molecular flexibility index (Phi) is 7.90. The summed E-state index contributed by atoms with van der Waals surface area (Å²) in [6.07, 6.45) is 5.85. The van der Waals surface area contributed by atoms with Gasteiger partial charge < -0.3 is 20.7 Å². The van der Waals surface area contributed by atoms with E-state index < -0.39 is 0 Å². The molecular weight excluding hydrogens is 516 g/mol. The number of anilines is 1. The first-order valence-corrected chi connectivity index (χ1v) is 13.0. The third kappa shape index (κ3) is 5.94. The van der Waals surface area contributed by atoms with Crippen molar-refractivity contribution in [3.05, 3.63) is 89.3 Å². The van der Waals surface area contributed by atoms with Crippen LogP contribution < -0.4 is 11.1 Å². The largest absolute Gasteiger partial charge is 0.383 e. The van der Waals surface area contributed by atoms with Gasteiger partial charge in [-0.3, -0.25) is 14.3 Å². The standard InChI is InChI=1S/C29H29ClN6O3/c1-39-13-12-36-17-22(16-33-36)21-14-25(27(31)32-15-21)28(37)34-23-10-11-35(18-23)29(38)20-8-6-19(7-9-20)24-4-2-3-5-26(24)30/h2-9,14-17,23H,10-13,18H2,1H3,(H2,31,32)(H,34,37)/t23-/m1/s1. The number of carbonyl (C=O) groups is 2. The molecule has 1 aliphatic rings. The second-order valence-electron chi connectivity index (χ2n) is 9.41. The number of likely N-dealkylation sites (tertiary alicyclic amines) is 1. The van der Waals surface area contributed by atoms with Crippen molar-refractivity contribution in [3.8, 4) is 22.3 Å². The zero-order chi connectivity index (χ0) is 27.4. The van der Waals surface area contributed by atoms with E-state index in [1.54, 1.807) is 35.2 Å². The van der Waals surface area contributed by atoms with Crippen molar-refractivity contribution in [1.82, 2.24) is 25.0 Å². The number of ether oxygens (including phenoxy) is 1. The molecule has 3 heterocycles. The fourth-order valence-corrected chi connectivity index (χ4v) is 4.88. The van der Waals surface area contributed by atoms with Gasteiger partial charge in [0.2, 0.25) is 0 Å². The molecule has 0 bridgehead atoms. The Balaban J connectivity index is 1.22. The lowest BCUT2D eigenvalue weighted by atomic mass is 10.0. The number of nitrogens with two attached hydrogens (primary N) is 1. The highest BCUT2D eigenvalue weighted by atomic mass is 35.5. The minimum absolute atomic E-state index is 0.0777. The number of nitrogen functional groups attached to an aromatic ring is 1. The number of carbonyl (C=O) groups excluding carboxylic acids is 2. The first kappa shape index (κ1) is 26.4. The molecule has 1 saturated heterocycles. The molecule has 10 heteroatoms. The van der Waals surface area contributed by atoms with Crippen LogP contribution in [0.1, 0.15) is 27.1 Å². The second kappa shape index (κ2) is 11.7. The molecular formula is C29H29ClN6O3. The number of benzene rings is 2. The van der Waals surface area contributed by atoms with Gasteiger partial charge in [0, 0.05) is 65.9 Å². The maximum atomic E-state index is 13.1. The molecule has 200 valence electrons. The lowest BCUT2D eigenvalue weighted by Crippen LogP contribution is -2.38. The van der Waals surface area contributed by atoms with Crippen LogP contribution in [0.5, 0.6) is 0 Å². The van der Waals surface area contributed by atoms with E-state index >= 15 is 0 Å². The van der Waals surface area contributed by atoms with Crippen molar-refractivity contribution in [2.75, 3.05) is 32.5 Å². The first-order chi connectivity index (χ1) is 18.9. The Hall–Kier alpha value is -4.21. The van der Waals surface area contributed by atoms with Crippen molar-refractivity contribution < 1.29 is 14.3 Å². The van der Waals surface area contributed by atoms with Crippen LogP contribution in [-0.2, 0) is 11.3 Å². The molecule has 39 heavy (non-hydrogen) atoms. The lowest BCUT2D eigenvalue weighted by Gasteiger charge is -2.18. The van der Waals surface area contributed by atoms with Crippen LogP contribution in [0.4, 0.5) is 5.82 Å². The first-order valence-electron chi connectivity index (χ1n) is 12.7. The van der Waals surface area contributed by atoms with Gasteiger partial charge in [-0.05, 0) is 36.2 Å². The van der Waals surface area contributed by atoms with Crippen molar-refractivity contribution >= 4 is 29.2 Å². The van der Waals surface area contributed by atoms with Crippen LogP contribution in [0.2, 0.25) is 5.02 Å². The van der Waals surface area contributed by atoms with Crippen LogP contribution in [0.25, 0.3) is 22.3 Å². The van der Waals surface area contributed by atoms with E-state index in [2.05, 4.69) is 15.4 Å². The Bertz CT molecular complexity index is 1490. The minimum atomic E-state index is -0.322. The molecule has 2 amide bonds. The zero-order valence-electron chi connectivity index (χ0n) is 21.5. The van der Waals surface area contributed by atoms with E-state index in [0.717, 1.165) is 22.3 Å². The van der Waals surface area contributed by atoms with Crippen LogP contribution in [0.15, 0.2) is 73.2 Å². The maximum Gasteiger partial charge on any atom is 0.255 e. The molecule has 0 aliphatic carbocycles. The molecule has 1 aliphatic heterocycles. The molecule has 0 spiro atoms. The van der Waals surface area contributed by atoms with Gasteiger partial charge in [0.1, 0.15) is 5.82 Å². The topological polar surface area (TPSA) is 115 Å². The SMILES string of the molecule is COCCn1cc(-c2cnc(N)c(C(=O)N[C@@H]3CCN(C(=O)c4ccc(-c5ccccc5Cl)cc4)C3)c2)cn1. The quantitative estimate of drug-likeness (QED) is 0.344. The second-order valence-corrected chi connectivity index (χ2v) is 9.82. The summed E-state index contributed by atoms with van der Waals surface area (Å²) in [6.45, 7) is 2.12. The lowest BCUT2D eigenvalue weighted by molar-refractivity contribution is 0.0783.